The number of aliphatic carboxylic acids is 1. The Bertz CT molecular complexity index is 387. The predicted octanol–water partition coefficient (Wildman–Crippen LogP) is 2.23. The lowest BCUT2D eigenvalue weighted by molar-refractivity contribution is -0.137. The molecular formula is C12H15NO2. The molecule has 3 heteroatoms. The summed E-state index contributed by atoms with van der Waals surface area (Å²) < 4.78 is 0. The predicted molar refractivity (Wildman–Crippen MR) is 59.3 cm³/mol. The van der Waals surface area contributed by atoms with E-state index in [1.54, 1.807) is 0 Å². The molecule has 0 spiro atoms. The molecule has 1 unspecified atom stereocenters. The molecule has 0 saturated heterocycles. The number of hydrogen-bond acceptors (Lipinski definition) is 2. The molecule has 2 rings (SSSR count). The van der Waals surface area contributed by atoms with Crippen LogP contribution in [0.3, 0.4) is 0 Å². The summed E-state index contributed by atoms with van der Waals surface area (Å²) in [4.78, 5) is 10.7. The molecule has 0 amide bonds. The lowest BCUT2D eigenvalue weighted by atomic mass is 9.98. The van der Waals surface area contributed by atoms with E-state index in [1.165, 1.54) is 11.1 Å². The third-order valence-corrected chi connectivity index (χ3v) is 3.05. The van der Waals surface area contributed by atoms with Gasteiger partial charge in [-0.25, -0.2) is 0 Å². The lowest BCUT2D eigenvalue weighted by Gasteiger charge is -2.09. The van der Waals surface area contributed by atoms with Crippen molar-refractivity contribution in [3.63, 3.8) is 0 Å². The molecule has 0 aliphatic heterocycles. The number of benzene rings is 1. The van der Waals surface area contributed by atoms with Gasteiger partial charge in [0.15, 0.2) is 0 Å². The highest BCUT2D eigenvalue weighted by Crippen LogP contribution is 2.36. The van der Waals surface area contributed by atoms with Crippen molar-refractivity contribution in [2.45, 2.75) is 25.2 Å². The number of carbonyl (C=O) groups is 1. The molecule has 2 N–H and O–H groups in total. The van der Waals surface area contributed by atoms with Gasteiger partial charge in [-0.3, -0.25) is 4.79 Å². The molecule has 0 bridgehead atoms. The molecule has 1 aromatic rings. The SMILES string of the molecule is CNc1ccc2c(c1)CCC2CC(=O)O. The normalized spacial score (nSPS) is 18.6. The first-order chi connectivity index (χ1) is 7.20. The zero-order chi connectivity index (χ0) is 10.8. The number of rotatable bonds is 3. The van der Waals surface area contributed by atoms with Crippen LogP contribution in [0, 0.1) is 0 Å². The minimum absolute atomic E-state index is 0.211. The molecule has 1 aliphatic rings. The molecule has 0 fully saturated rings. The van der Waals surface area contributed by atoms with Gasteiger partial charge in [0.25, 0.3) is 0 Å². The average Bonchev–Trinajstić information content (AvgIpc) is 2.60. The van der Waals surface area contributed by atoms with Gasteiger partial charge in [0, 0.05) is 12.7 Å². The van der Waals surface area contributed by atoms with Crippen molar-refractivity contribution in [1.82, 2.24) is 0 Å². The van der Waals surface area contributed by atoms with Gasteiger partial charge in [0.05, 0.1) is 6.42 Å². The molecule has 1 aliphatic carbocycles. The summed E-state index contributed by atoms with van der Waals surface area (Å²) in [6, 6.07) is 6.19. The number of aryl methyl sites for hydroxylation is 1. The highest BCUT2D eigenvalue weighted by molar-refractivity contribution is 5.68. The van der Waals surface area contributed by atoms with E-state index in [4.69, 9.17) is 5.11 Å². The van der Waals surface area contributed by atoms with Crippen LogP contribution >= 0.6 is 0 Å². The fourth-order valence-electron chi connectivity index (χ4n) is 2.28. The van der Waals surface area contributed by atoms with Crippen LogP contribution < -0.4 is 5.32 Å². The van der Waals surface area contributed by atoms with Gasteiger partial charge in [-0.1, -0.05) is 6.07 Å². The maximum Gasteiger partial charge on any atom is 0.303 e. The van der Waals surface area contributed by atoms with E-state index in [1.807, 2.05) is 13.1 Å². The van der Waals surface area contributed by atoms with Gasteiger partial charge in [0.2, 0.25) is 0 Å². The third-order valence-electron chi connectivity index (χ3n) is 3.05. The molecule has 0 aromatic heterocycles. The smallest absolute Gasteiger partial charge is 0.303 e. The van der Waals surface area contributed by atoms with Crippen LogP contribution in [0.5, 0.6) is 0 Å². The standard InChI is InChI=1S/C12H15NO2/c1-13-10-4-5-11-8(6-10)2-3-9(11)7-12(14)15/h4-6,9,13H,2-3,7H2,1H3,(H,14,15). The molecule has 1 aromatic carbocycles. The number of carboxylic acids is 1. The maximum absolute atomic E-state index is 10.7. The van der Waals surface area contributed by atoms with Crippen molar-refractivity contribution in [3.05, 3.63) is 29.3 Å². The van der Waals surface area contributed by atoms with Crippen molar-refractivity contribution in [1.29, 1.82) is 0 Å². The monoisotopic (exact) mass is 205 g/mol. The van der Waals surface area contributed by atoms with Crippen LogP contribution in [0.4, 0.5) is 5.69 Å². The number of anilines is 1. The molecule has 15 heavy (non-hydrogen) atoms. The minimum atomic E-state index is -0.703. The van der Waals surface area contributed by atoms with Crippen molar-refractivity contribution < 1.29 is 9.90 Å². The second kappa shape index (κ2) is 3.93. The van der Waals surface area contributed by atoms with E-state index < -0.39 is 5.97 Å². The average molecular weight is 205 g/mol. The van der Waals surface area contributed by atoms with Crippen LogP contribution in [0.25, 0.3) is 0 Å². The summed E-state index contributed by atoms with van der Waals surface area (Å²) >= 11 is 0. The Morgan fingerprint density at radius 2 is 2.40 bits per heavy atom. The Kier molecular flexibility index (Phi) is 2.62. The molecule has 0 heterocycles. The Labute approximate surface area is 89.1 Å². The molecular weight excluding hydrogens is 190 g/mol. The van der Waals surface area contributed by atoms with Crippen LogP contribution in [0.1, 0.15) is 29.9 Å². The van der Waals surface area contributed by atoms with Crippen molar-refractivity contribution in [2.75, 3.05) is 12.4 Å². The molecule has 1 atom stereocenters. The summed E-state index contributed by atoms with van der Waals surface area (Å²) in [6.45, 7) is 0. The quantitative estimate of drug-likeness (QED) is 0.795. The highest BCUT2D eigenvalue weighted by atomic mass is 16.4. The van der Waals surface area contributed by atoms with Gasteiger partial charge in [0.1, 0.15) is 0 Å². The third kappa shape index (κ3) is 1.96. The van der Waals surface area contributed by atoms with Crippen LogP contribution in [0.15, 0.2) is 18.2 Å². The van der Waals surface area contributed by atoms with Gasteiger partial charge in [-0.15, -0.1) is 0 Å². The zero-order valence-electron chi connectivity index (χ0n) is 8.79. The topological polar surface area (TPSA) is 49.3 Å². The zero-order valence-corrected chi connectivity index (χ0v) is 8.79. The lowest BCUT2D eigenvalue weighted by Crippen LogP contribution is -2.03. The fraction of sp³-hybridized carbons (Fsp3) is 0.417. The van der Waals surface area contributed by atoms with Gasteiger partial charge < -0.3 is 10.4 Å². The summed E-state index contributed by atoms with van der Waals surface area (Å²) in [5.74, 6) is -0.492. The summed E-state index contributed by atoms with van der Waals surface area (Å²) in [5.41, 5.74) is 3.62. The van der Waals surface area contributed by atoms with Crippen molar-refractivity contribution in [3.8, 4) is 0 Å². The Morgan fingerprint density at radius 1 is 1.60 bits per heavy atom. The number of nitrogens with one attached hydrogen (secondary N) is 1. The van der Waals surface area contributed by atoms with Crippen LogP contribution in [0.2, 0.25) is 0 Å². The van der Waals surface area contributed by atoms with E-state index >= 15 is 0 Å². The van der Waals surface area contributed by atoms with E-state index in [2.05, 4.69) is 17.4 Å². The Morgan fingerprint density at radius 3 is 3.07 bits per heavy atom. The Hall–Kier alpha value is -1.51. The second-order valence-electron chi connectivity index (χ2n) is 4.00. The Balaban J connectivity index is 2.24. The fourth-order valence-corrected chi connectivity index (χ4v) is 2.28. The number of carboxylic acid groups (broad SMARTS) is 1. The molecule has 3 nitrogen and oxygen atoms in total. The largest absolute Gasteiger partial charge is 0.481 e. The van der Waals surface area contributed by atoms with Gasteiger partial charge >= 0.3 is 5.97 Å². The number of fused-ring (bicyclic) bond motifs is 1. The van der Waals surface area contributed by atoms with E-state index in [0.717, 1.165) is 18.5 Å². The number of hydrogen-bond donors (Lipinski definition) is 2. The highest BCUT2D eigenvalue weighted by Gasteiger charge is 2.24. The summed E-state index contributed by atoms with van der Waals surface area (Å²) in [5, 5.41) is 11.9. The first kappa shape index (κ1) is 10.0. The van der Waals surface area contributed by atoms with Gasteiger partial charge in [-0.05, 0) is 42.0 Å². The van der Waals surface area contributed by atoms with Crippen LogP contribution in [-0.4, -0.2) is 18.1 Å². The first-order valence-electron chi connectivity index (χ1n) is 5.23. The molecule has 0 radical (unpaired) electrons. The van der Waals surface area contributed by atoms with Crippen molar-refractivity contribution in [2.24, 2.45) is 0 Å². The maximum atomic E-state index is 10.7. The summed E-state index contributed by atoms with van der Waals surface area (Å²) in [7, 11) is 1.89. The van der Waals surface area contributed by atoms with E-state index in [9.17, 15) is 4.79 Å². The first-order valence-corrected chi connectivity index (χ1v) is 5.23. The van der Waals surface area contributed by atoms with E-state index in [0.29, 0.717) is 0 Å². The van der Waals surface area contributed by atoms with Gasteiger partial charge in [-0.2, -0.15) is 0 Å². The van der Waals surface area contributed by atoms with Crippen LogP contribution in [-0.2, 0) is 11.2 Å². The molecule has 0 saturated carbocycles. The minimum Gasteiger partial charge on any atom is -0.481 e. The van der Waals surface area contributed by atoms with Crippen molar-refractivity contribution >= 4 is 11.7 Å². The summed E-state index contributed by atoms with van der Waals surface area (Å²) in [6.07, 6.45) is 2.23. The second-order valence-corrected chi connectivity index (χ2v) is 4.00. The van der Waals surface area contributed by atoms with E-state index in [-0.39, 0.29) is 12.3 Å². The molecule has 80 valence electrons.